The molecule has 0 saturated heterocycles. The lowest BCUT2D eigenvalue weighted by Gasteiger charge is -2.13. The monoisotopic (exact) mass is 264 g/mol. The van der Waals surface area contributed by atoms with E-state index < -0.39 is 29.5 Å². The molecule has 7 heteroatoms. The minimum atomic E-state index is -4.81. The third kappa shape index (κ3) is 3.43. The lowest BCUT2D eigenvalue weighted by atomic mass is 10.1. The van der Waals surface area contributed by atoms with Crippen LogP contribution in [0.2, 0.25) is 0 Å². The summed E-state index contributed by atoms with van der Waals surface area (Å²) in [5.74, 6) is -2.00. The second-order valence-corrected chi connectivity index (χ2v) is 3.70. The standard InChI is InChI=1S/C11H12F4N2O/c1-2-9(16)10(18)17-6-3-4-8(12)7(5-6)11(13,14)15/h3-5,9H,2,16H2,1H3,(H,17,18)/t9-/m0/s1. The molecule has 1 amide bonds. The number of carbonyl (C=O) groups is 1. The highest BCUT2D eigenvalue weighted by Crippen LogP contribution is 2.32. The number of rotatable bonds is 3. The quantitative estimate of drug-likeness (QED) is 0.824. The van der Waals surface area contributed by atoms with Crippen LogP contribution in [0.4, 0.5) is 23.2 Å². The van der Waals surface area contributed by atoms with Crippen molar-refractivity contribution in [2.24, 2.45) is 5.73 Å². The molecule has 0 heterocycles. The van der Waals surface area contributed by atoms with Crippen LogP contribution in [0.1, 0.15) is 18.9 Å². The van der Waals surface area contributed by atoms with Crippen LogP contribution in [0.15, 0.2) is 18.2 Å². The Kier molecular flexibility index (Phi) is 4.28. The van der Waals surface area contributed by atoms with Crippen molar-refractivity contribution in [1.82, 2.24) is 0 Å². The van der Waals surface area contributed by atoms with Gasteiger partial charge in [0.1, 0.15) is 5.82 Å². The molecule has 3 N–H and O–H groups in total. The topological polar surface area (TPSA) is 55.1 Å². The Labute approximate surface area is 101 Å². The smallest absolute Gasteiger partial charge is 0.325 e. The number of nitrogens with two attached hydrogens (primary N) is 1. The first-order chi connectivity index (χ1) is 8.25. The molecule has 0 aliphatic carbocycles. The van der Waals surface area contributed by atoms with Crippen LogP contribution in [0.25, 0.3) is 0 Å². The number of halogens is 4. The van der Waals surface area contributed by atoms with Crippen LogP contribution in [0.3, 0.4) is 0 Å². The highest BCUT2D eigenvalue weighted by molar-refractivity contribution is 5.94. The van der Waals surface area contributed by atoms with Crippen LogP contribution in [-0.2, 0) is 11.0 Å². The van der Waals surface area contributed by atoms with Crippen molar-refractivity contribution < 1.29 is 22.4 Å². The molecule has 0 radical (unpaired) electrons. The number of hydrogen-bond donors (Lipinski definition) is 2. The van der Waals surface area contributed by atoms with Gasteiger partial charge in [0.2, 0.25) is 5.91 Å². The fraction of sp³-hybridized carbons (Fsp3) is 0.364. The Morgan fingerprint density at radius 2 is 2.06 bits per heavy atom. The first-order valence-corrected chi connectivity index (χ1v) is 5.19. The van der Waals surface area contributed by atoms with Gasteiger partial charge in [0.25, 0.3) is 0 Å². The Balaban J connectivity index is 2.96. The van der Waals surface area contributed by atoms with Gasteiger partial charge in [0.05, 0.1) is 11.6 Å². The van der Waals surface area contributed by atoms with E-state index in [-0.39, 0.29) is 5.69 Å². The zero-order valence-corrected chi connectivity index (χ0v) is 9.51. The molecule has 1 atom stereocenters. The van der Waals surface area contributed by atoms with Crippen molar-refractivity contribution in [3.8, 4) is 0 Å². The average molecular weight is 264 g/mol. The molecule has 0 aliphatic rings. The Morgan fingerprint density at radius 1 is 1.44 bits per heavy atom. The summed E-state index contributed by atoms with van der Waals surface area (Å²) < 4.78 is 50.2. The number of hydrogen-bond acceptors (Lipinski definition) is 2. The van der Waals surface area contributed by atoms with Gasteiger partial charge in [0, 0.05) is 5.69 Å². The van der Waals surface area contributed by atoms with Gasteiger partial charge in [-0.15, -0.1) is 0 Å². The fourth-order valence-electron chi connectivity index (χ4n) is 1.24. The van der Waals surface area contributed by atoms with E-state index >= 15 is 0 Å². The summed E-state index contributed by atoms with van der Waals surface area (Å²) in [7, 11) is 0. The van der Waals surface area contributed by atoms with Crippen LogP contribution in [-0.4, -0.2) is 11.9 Å². The lowest BCUT2D eigenvalue weighted by molar-refractivity contribution is -0.140. The molecule has 1 rings (SSSR count). The molecule has 0 unspecified atom stereocenters. The maximum Gasteiger partial charge on any atom is 0.419 e. The minimum absolute atomic E-state index is 0.141. The fourth-order valence-corrected chi connectivity index (χ4v) is 1.24. The van der Waals surface area contributed by atoms with E-state index in [9.17, 15) is 22.4 Å². The maximum atomic E-state index is 13.0. The van der Waals surface area contributed by atoms with Crippen LogP contribution < -0.4 is 11.1 Å². The van der Waals surface area contributed by atoms with Gasteiger partial charge in [-0.2, -0.15) is 13.2 Å². The summed E-state index contributed by atoms with van der Waals surface area (Å²) in [6, 6.07) is 1.42. The molecule has 0 aromatic heterocycles. The zero-order valence-electron chi connectivity index (χ0n) is 9.51. The summed E-state index contributed by atoms with van der Waals surface area (Å²) >= 11 is 0. The first kappa shape index (κ1) is 14.4. The van der Waals surface area contributed by atoms with Crippen molar-refractivity contribution in [1.29, 1.82) is 0 Å². The third-order valence-electron chi connectivity index (χ3n) is 2.32. The second-order valence-electron chi connectivity index (χ2n) is 3.70. The summed E-state index contributed by atoms with van der Waals surface area (Å²) in [5.41, 5.74) is 3.84. The predicted octanol–water partition coefficient (Wildman–Crippen LogP) is 2.52. The SMILES string of the molecule is CC[C@H](N)C(=O)Nc1ccc(F)c(C(F)(F)F)c1. The third-order valence-corrected chi connectivity index (χ3v) is 2.32. The Hall–Kier alpha value is -1.63. The van der Waals surface area contributed by atoms with Crippen LogP contribution in [0.5, 0.6) is 0 Å². The van der Waals surface area contributed by atoms with Gasteiger partial charge >= 0.3 is 6.18 Å². The van der Waals surface area contributed by atoms with Gasteiger partial charge in [-0.3, -0.25) is 4.79 Å². The highest BCUT2D eigenvalue weighted by atomic mass is 19.4. The van der Waals surface area contributed by atoms with E-state index in [4.69, 9.17) is 5.73 Å². The number of nitrogens with one attached hydrogen (secondary N) is 1. The van der Waals surface area contributed by atoms with Gasteiger partial charge in [-0.25, -0.2) is 4.39 Å². The summed E-state index contributed by atoms with van der Waals surface area (Å²) in [6.45, 7) is 1.66. The average Bonchev–Trinajstić information content (AvgIpc) is 2.29. The van der Waals surface area contributed by atoms with E-state index in [0.717, 1.165) is 6.07 Å². The minimum Gasteiger partial charge on any atom is -0.325 e. The van der Waals surface area contributed by atoms with E-state index in [1.54, 1.807) is 6.92 Å². The number of amides is 1. The first-order valence-electron chi connectivity index (χ1n) is 5.19. The molecular weight excluding hydrogens is 252 g/mol. The lowest BCUT2D eigenvalue weighted by Crippen LogP contribution is -2.34. The van der Waals surface area contributed by atoms with Gasteiger partial charge < -0.3 is 11.1 Å². The molecular formula is C11H12F4N2O. The number of alkyl halides is 3. The molecule has 100 valence electrons. The molecule has 18 heavy (non-hydrogen) atoms. The Morgan fingerprint density at radius 3 is 2.56 bits per heavy atom. The number of benzene rings is 1. The molecule has 0 bridgehead atoms. The zero-order chi connectivity index (χ0) is 13.9. The van der Waals surface area contributed by atoms with Crippen molar-refractivity contribution >= 4 is 11.6 Å². The van der Waals surface area contributed by atoms with E-state index in [1.807, 2.05) is 0 Å². The maximum absolute atomic E-state index is 13.0. The molecule has 0 spiro atoms. The summed E-state index contributed by atoms with van der Waals surface area (Å²) in [5, 5.41) is 2.20. The molecule has 0 aliphatic heterocycles. The van der Waals surface area contributed by atoms with Crippen molar-refractivity contribution in [2.75, 3.05) is 5.32 Å². The number of carbonyl (C=O) groups excluding carboxylic acids is 1. The van der Waals surface area contributed by atoms with E-state index in [1.165, 1.54) is 0 Å². The molecule has 1 aromatic rings. The molecule has 0 fully saturated rings. The molecule has 3 nitrogen and oxygen atoms in total. The van der Waals surface area contributed by atoms with Gasteiger partial charge in [-0.1, -0.05) is 6.92 Å². The highest BCUT2D eigenvalue weighted by Gasteiger charge is 2.34. The van der Waals surface area contributed by atoms with Crippen LogP contribution >= 0.6 is 0 Å². The van der Waals surface area contributed by atoms with Gasteiger partial charge in [-0.05, 0) is 24.6 Å². The van der Waals surface area contributed by atoms with E-state index in [2.05, 4.69) is 5.32 Å². The number of anilines is 1. The van der Waals surface area contributed by atoms with Gasteiger partial charge in [0.15, 0.2) is 0 Å². The van der Waals surface area contributed by atoms with E-state index in [0.29, 0.717) is 18.6 Å². The normalized spacial score (nSPS) is 13.2. The van der Waals surface area contributed by atoms with Crippen molar-refractivity contribution in [2.45, 2.75) is 25.6 Å². The van der Waals surface area contributed by atoms with Crippen LogP contribution in [0, 0.1) is 5.82 Å². The molecule has 1 aromatic carbocycles. The summed E-state index contributed by atoms with van der Waals surface area (Å²) in [4.78, 5) is 11.4. The predicted molar refractivity (Wildman–Crippen MR) is 58.3 cm³/mol. The van der Waals surface area contributed by atoms with Crippen molar-refractivity contribution in [3.05, 3.63) is 29.6 Å². The Bertz CT molecular complexity index is 445. The van der Waals surface area contributed by atoms with Crippen molar-refractivity contribution in [3.63, 3.8) is 0 Å². The molecule has 0 saturated carbocycles. The second kappa shape index (κ2) is 5.34. The summed E-state index contributed by atoms with van der Waals surface area (Å²) in [6.07, 6.45) is -4.46. The largest absolute Gasteiger partial charge is 0.419 e.